The zero-order valence-corrected chi connectivity index (χ0v) is 14.4. The number of carbonyl (C=O) groups excluding carboxylic acids is 1. The summed E-state index contributed by atoms with van der Waals surface area (Å²) in [5.74, 6) is 0. The maximum Gasteiger partial charge on any atom is 0.509 e. The average molecular weight is 308 g/mol. The van der Waals surface area contributed by atoms with Crippen LogP contribution in [0.4, 0.5) is 4.79 Å². The largest absolute Gasteiger partial charge is 0.509 e. The molecule has 0 aliphatic carbocycles. The van der Waals surface area contributed by atoms with Gasteiger partial charge in [0.25, 0.3) is 0 Å². The first-order valence-corrected chi connectivity index (χ1v) is 8.61. The van der Waals surface area contributed by atoms with Crippen LogP contribution in [0, 0.1) is 0 Å². The van der Waals surface area contributed by atoms with Crippen LogP contribution in [0.5, 0.6) is 0 Å². The maximum atomic E-state index is 11.5. The molecule has 22 heavy (non-hydrogen) atoms. The highest BCUT2D eigenvalue weighted by Gasteiger charge is 2.55. The Bertz CT molecular complexity index is 377. The number of ether oxygens (including phenoxy) is 2. The van der Waals surface area contributed by atoms with Crippen LogP contribution >= 0.6 is 0 Å². The lowest BCUT2D eigenvalue weighted by Crippen LogP contribution is -2.46. The minimum Gasteiger partial charge on any atom is -0.424 e. The number of cyclic esters (lactones) is 2. The number of carbonyl (C=O) groups is 1. The fourth-order valence-corrected chi connectivity index (χ4v) is 3.09. The first-order chi connectivity index (χ1) is 10.5. The number of hydrogen-bond donors (Lipinski definition) is 0. The Morgan fingerprint density at radius 2 is 1.41 bits per heavy atom. The van der Waals surface area contributed by atoms with E-state index in [9.17, 15) is 4.79 Å². The summed E-state index contributed by atoms with van der Waals surface area (Å²) < 4.78 is 10.9. The van der Waals surface area contributed by atoms with Gasteiger partial charge in [-0.15, -0.1) is 13.2 Å². The Morgan fingerprint density at radius 1 is 0.864 bits per heavy atom. The van der Waals surface area contributed by atoms with Gasteiger partial charge in [-0.3, -0.25) is 0 Å². The normalized spacial score (nSPS) is 27.3. The molecule has 0 aromatic rings. The molecule has 0 radical (unpaired) electrons. The highest BCUT2D eigenvalue weighted by molar-refractivity contribution is 5.64. The molecule has 126 valence electrons. The lowest BCUT2D eigenvalue weighted by molar-refractivity contribution is -0.0284. The number of allylic oxidation sites excluding steroid dienone is 1. The van der Waals surface area contributed by atoms with Crippen LogP contribution in [0.15, 0.2) is 25.3 Å². The van der Waals surface area contributed by atoms with Crippen molar-refractivity contribution >= 4 is 6.16 Å². The van der Waals surface area contributed by atoms with Crippen LogP contribution in [0.2, 0.25) is 0 Å². The Balaban J connectivity index is 2.23. The average Bonchev–Trinajstić information content (AvgIpc) is 2.67. The van der Waals surface area contributed by atoms with Crippen LogP contribution < -0.4 is 0 Å². The van der Waals surface area contributed by atoms with Crippen molar-refractivity contribution in [2.24, 2.45) is 0 Å². The maximum absolute atomic E-state index is 11.5. The molecule has 3 nitrogen and oxygen atoms in total. The monoisotopic (exact) mass is 308 g/mol. The van der Waals surface area contributed by atoms with Gasteiger partial charge in [-0.25, -0.2) is 4.79 Å². The van der Waals surface area contributed by atoms with Gasteiger partial charge in [0, 0.05) is 6.42 Å². The molecule has 1 aliphatic rings. The van der Waals surface area contributed by atoms with Crippen molar-refractivity contribution in [3.63, 3.8) is 0 Å². The molecule has 2 atom stereocenters. The molecule has 0 bridgehead atoms. The van der Waals surface area contributed by atoms with Gasteiger partial charge in [0.15, 0.2) is 11.2 Å². The summed E-state index contributed by atoms with van der Waals surface area (Å²) in [6.07, 6.45) is 14.5. The number of rotatable bonds is 12. The van der Waals surface area contributed by atoms with Crippen LogP contribution in [-0.4, -0.2) is 17.4 Å². The Kier molecular flexibility index (Phi) is 7.70. The summed E-state index contributed by atoms with van der Waals surface area (Å²) in [6.45, 7) is 11.4. The van der Waals surface area contributed by atoms with Crippen LogP contribution in [0.3, 0.4) is 0 Å². The van der Waals surface area contributed by atoms with Crippen molar-refractivity contribution < 1.29 is 14.3 Å². The second-order valence-corrected chi connectivity index (χ2v) is 6.71. The summed E-state index contributed by atoms with van der Waals surface area (Å²) >= 11 is 0. The van der Waals surface area contributed by atoms with E-state index in [0.717, 1.165) is 19.3 Å². The van der Waals surface area contributed by atoms with Crippen LogP contribution in [0.1, 0.15) is 78.1 Å². The second kappa shape index (κ2) is 9.02. The summed E-state index contributed by atoms with van der Waals surface area (Å²) in [6, 6.07) is 0. The van der Waals surface area contributed by atoms with E-state index >= 15 is 0 Å². The summed E-state index contributed by atoms with van der Waals surface area (Å²) in [5, 5.41) is 0. The van der Waals surface area contributed by atoms with E-state index < -0.39 is 17.4 Å². The zero-order chi connectivity index (χ0) is 16.5. The molecular formula is C19H32O3. The molecule has 0 unspecified atom stereocenters. The van der Waals surface area contributed by atoms with E-state index in [2.05, 4.69) is 13.2 Å². The van der Waals surface area contributed by atoms with E-state index in [4.69, 9.17) is 9.47 Å². The lowest BCUT2D eigenvalue weighted by Gasteiger charge is -2.35. The number of unbranched alkanes of at least 4 members (excludes halogenated alkanes) is 7. The van der Waals surface area contributed by atoms with Gasteiger partial charge in [-0.1, -0.05) is 44.3 Å². The minimum absolute atomic E-state index is 0.539. The highest BCUT2D eigenvalue weighted by atomic mass is 16.8. The quantitative estimate of drug-likeness (QED) is 0.254. The molecule has 1 fully saturated rings. The SMILES string of the molecule is C=CCCCCCCCCC[C@@]1(C)OC(=O)O[C@@]1(C)CC=C. The van der Waals surface area contributed by atoms with Crippen molar-refractivity contribution in [3.8, 4) is 0 Å². The van der Waals surface area contributed by atoms with E-state index in [-0.39, 0.29) is 0 Å². The van der Waals surface area contributed by atoms with Gasteiger partial charge in [0.05, 0.1) is 0 Å². The van der Waals surface area contributed by atoms with E-state index in [1.54, 1.807) is 6.08 Å². The molecule has 1 heterocycles. The predicted octanol–water partition coefficient (Wildman–Crippen LogP) is 5.94. The second-order valence-electron chi connectivity index (χ2n) is 6.71. The van der Waals surface area contributed by atoms with Gasteiger partial charge in [-0.2, -0.15) is 0 Å². The van der Waals surface area contributed by atoms with Gasteiger partial charge >= 0.3 is 6.16 Å². The highest BCUT2D eigenvalue weighted by Crippen LogP contribution is 2.42. The van der Waals surface area contributed by atoms with E-state index in [1.807, 2.05) is 19.9 Å². The first kappa shape index (κ1) is 18.8. The molecular weight excluding hydrogens is 276 g/mol. The fraction of sp³-hybridized carbons (Fsp3) is 0.737. The molecule has 0 spiro atoms. The molecule has 0 saturated carbocycles. The van der Waals surface area contributed by atoms with Crippen molar-refractivity contribution in [2.75, 3.05) is 0 Å². The minimum atomic E-state index is -0.587. The van der Waals surface area contributed by atoms with Crippen LogP contribution in [-0.2, 0) is 9.47 Å². The molecule has 1 aliphatic heterocycles. The smallest absolute Gasteiger partial charge is 0.424 e. The Hall–Kier alpha value is -1.25. The lowest BCUT2D eigenvalue weighted by atomic mass is 9.79. The molecule has 0 aromatic heterocycles. The van der Waals surface area contributed by atoms with Crippen LogP contribution in [0.25, 0.3) is 0 Å². The van der Waals surface area contributed by atoms with Crippen molar-refractivity contribution in [2.45, 2.75) is 89.3 Å². The third kappa shape index (κ3) is 5.19. The fourth-order valence-electron chi connectivity index (χ4n) is 3.09. The zero-order valence-electron chi connectivity index (χ0n) is 14.4. The van der Waals surface area contributed by atoms with Gasteiger partial charge in [0.2, 0.25) is 0 Å². The third-order valence-electron chi connectivity index (χ3n) is 4.83. The standard InChI is InChI=1S/C19H32O3/c1-5-7-8-9-10-11-12-13-14-16-19(4)18(3,15-6-2)21-17(20)22-19/h5-6H,1-2,7-16H2,3-4H3/t18-,19+/m0/s1. The van der Waals surface area contributed by atoms with E-state index in [0.29, 0.717) is 6.42 Å². The topological polar surface area (TPSA) is 35.5 Å². The molecule has 0 amide bonds. The Labute approximate surface area is 135 Å². The first-order valence-electron chi connectivity index (χ1n) is 8.61. The van der Waals surface area contributed by atoms with E-state index in [1.165, 1.54) is 38.5 Å². The van der Waals surface area contributed by atoms with Gasteiger partial charge in [0.1, 0.15) is 0 Å². The number of hydrogen-bond acceptors (Lipinski definition) is 3. The van der Waals surface area contributed by atoms with Gasteiger partial charge < -0.3 is 9.47 Å². The van der Waals surface area contributed by atoms with Crippen molar-refractivity contribution in [1.29, 1.82) is 0 Å². The Morgan fingerprint density at radius 3 is 2.00 bits per heavy atom. The molecule has 0 N–H and O–H groups in total. The third-order valence-corrected chi connectivity index (χ3v) is 4.83. The predicted molar refractivity (Wildman–Crippen MR) is 90.9 cm³/mol. The van der Waals surface area contributed by atoms with Crippen molar-refractivity contribution in [3.05, 3.63) is 25.3 Å². The molecule has 0 aromatic carbocycles. The molecule has 1 rings (SSSR count). The summed E-state index contributed by atoms with van der Waals surface area (Å²) in [7, 11) is 0. The van der Waals surface area contributed by atoms with Crippen molar-refractivity contribution in [1.82, 2.24) is 0 Å². The summed E-state index contributed by atoms with van der Waals surface area (Å²) in [4.78, 5) is 11.5. The summed E-state index contributed by atoms with van der Waals surface area (Å²) in [5.41, 5.74) is -1.13. The molecule has 1 saturated heterocycles. The molecule has 3 heteroatoms. The van der Waals surface area contributed by atoms with Gasteiger partial charge in [-0.05, 0) is 39.5 Å².